The predicted octanol–water partition coefficient (Wildman–Crippen LogP) is 3.99. The largest absolute Gasteiger partial charge is 0.424 e. The number of hydrogen-bond acceptors (Lipinski definition) is 4. The molecule has 0 atom stereocenters. The molecule has 0 radical (unpaired) electrons. The van der Waals surface area contributed by atoms with Crippen LogP contribution in [0, 0.1) is 0 Å². The fraction of sp³-hybridized carbons (Fsp3) is 0.100. The molecule has 1 aromatic carbocycles. The van der Waals surface area contributed by atoms with Crippen molar-refractivity contribution in [2.24, 2.45) is 0 Å². The van der Waals surface area contributed by atoms with E-state index < -0.39 is 11.7 Å². The molecule has 19 heavy (non-hydrogen) atoms. The van der Waals surface area contributed by atoms with Crippen molar-refractivity contribution >= 4 is 23.2 Å². The van der Waals surface area contributed by atoms with E-state index in [-0.39, 0.29) is 22.3 Å². The molecule has 2 rings (SSSR count). The van der Waals surface area contributed by atoms with Crippen LogP contribution in [0.2, 0.25) is 10.6 Å². The topological polar surface area (TPSA) is 47.9 Å². The minimum atomic E-state index is -4.40. The average Bonchev–Trinajstić information content (AvgIpc) is 2.26. The molecule has 0 N–H and O–H groups in total. The summed E-state index contributed by atoms with van der Waals surface area (Å²) in [4.78, 5) is 10.7. The molecule has 0 aliphatic heterocycles. The Kier molecular flexibility index (Phi) is 3.77. The lowest BCUT2D eigenvalue weighted by Crippen LogP contribution is -2.04. The van der Waals surface area contributed by atoms with E-state index in [0.29, 0.717) is 0 Å². The van der Waals surface area contributed by atoms with Crippen LogP contribution in [0.1, 0.15) is 5.56 Å². The van der Waals surface area contributed by atoms with Crippen LogP contribution in [-0.4, -0.2) is 15.0 Å². The molecule has 0 aliphatic carbocycles. The lowest BCUT2D eigenvalue weighted by atomic mass is 10.2. The van der Waals surface area contributed by atoms with E-state index in [9.17, 15) is 13.2 Å². The number of nitrogens with zero attached hydrogens (tertiary/aromatic N) is 3. The maximum Gasteiger partial charge on any atom is 0.416 e. The summed E-state index contributed by atoms with van der Waals surface area (Å²) >= 11 is 11.1. The third-order valence-electron chi connectivity index (χ3n) is 1.95. The molecule has 0 saturated carbocycles. The maximum absolute atomic E-state index is 12.3. The summed E-state index contributed by atoms with van der Waals surface area (Å²) in [7, 11) is 0. The Bertz CT molecular complexity index is 569. The zero-order valence-electron chi connectivity index (χ0n) is 8.95. The van der Waals surface area contributed by atoms with Crippen LogP contribution in [-0.2, 0) is 6.18 Å². The zero-order valence-corrected chi connectivity index (χ0v) is 10.5. The SMILES string of the molecule is FC(F)(F)c1ccc(Oc2nc(Cl)nc(Cl)n2)cc1. The van der Waals surface area contributed by atoms with E-state index in [4.69, 9.17) is 27.9 Å². The monoisotopic (exact) mass is 309 g/mol. The number of rotatable bonds is 2. The first-order valence-corrected chi connectivity index (χ1v) is 5.52. The molecule has 2 aromatic rings. The van der Waals surface area contributed by atoms with Crippen molar-refractivity contribution in [1.82, 2.24) is 15.0 Å². The fourth-order valence-corrected chi connectivity index (χ4v) is 1.52. The molecule has 4 nitrogen and oxygen atoms in total. The molecule has 9 heteroatoms. The van der Waals surface area contributed by atoms with E-state index in [2.05, 4.69) is 15.0 Å². The summed E-state index contributed by atoms with van der Waals surface area (Å²) in [5.74, 6) is 0.117. The van der Waals surface area contributed by atoms with Crippen LogP contribution < -0.4 is 4.74 Å². The highest BCUT2D eigenvalue weighted by molar-refractivity contribution is 6.31. The van der Waals surface area contributed by atoms with Gasteiger partial charge in [0.1, 0.15) is 5.75 Å². The summed E-state index contributed by atoms with van der Waals surface area (Å²) in [6.07, 6.45) is -4.40. The molecular weight excluding hydrogens is 306 g/mol. The standard InChI is InChI=1S/C10H4Cl2F3N3O/c11-7-16-8(12)18-9(17-7)19-6-3-1-5(2-4-6)10(13,14)15/h1-4H. The van der Waals surface area contributed by atoms with Crippen LogP contribution in [0.3, 0.4) is 0 Å². The smallest absolute Gasteiger partial charge is 0.416 e. The summed E-state index contributed by atoms with van der Waals surface area (Å²) in [6.45, 7) is 0. The number of benzene rings is 1. The van der Waals surface area contributed by atoms with Gasteiger partial charge in [-0.25, -0.2) is 0 Å². The van der Waals surface area contributed by atoms with Crippen LogP contribution in [0.25, 0.3) is 0 Å². The van der Waals surface area contributed by atoms with Gasteiger partial charge in [-0.05, 0) is 47.5 Å². The van der Waals surface area contributed by atoms with E-state index in [1.165, 1.54) is 0 Å². The first-order valence-electron chi connectivity index (χ1n) is 4.77. The normalized spacial score (nSPS) is 11.4. The number of hydrogen-bond donors (Lipinski definition) is 0. The van der Waals surface area contributed by atoms with Crippen LogP contribution in [0.15, 0.2) is 24.3 Å². The molecule has 100 valence electrons. The van der Waals surface area contributed by atoms with Crippen molar-refractivity contribution in [2.75, 3.05) is 0 Å². The fourth-order valence-electron chi connectivity index (χ4n) is 1.17. The number of aromatic nitrogens is 3. The Labute approximate surface area is 115 Å². The molecular formula is C10H4Cl2F3N3O. The molecule has 0 fully saturated rings. The molecule has 0 amide bonds. The molecule has 0 aliphatic rings. The molecule has 1 aromatic heterocycles. The van der Waals surface area contributed by atoms with Crippen molar-refractivity contribution in [2.45, 2.75) is 6.18 Å². The second-order valence-corrected chi connectivity index (χ2v) is 3.96. The average molecular weight is 310 g/mol. The van der Waals surface area contributed by atoms with Crippen molar-refractivity contribution in [1.29, 1.82) is 0 Å². The van der Waals surface area contributed by atoms with Gasteiger partial charge in [-0.15, -0.1) is 0 Å². The summed E-state index contributed by atoms with van der Waals surface area (Å²) in [5.41, 5.74) is -0.786. The number of halogens is 5. The summed E-state index contributed by atoms with van der Waals surface area (Å²) in [6, 6.07) is 3.81. The van der Waals surface area contributed by atoms with Gasteiger partial charge in [0.2, 0.25) is 10.6 Å². The highest BCUT2D eigenvalue weighted by atomic mass is 35.5. The van der Waals surface area contributed by atoms with Crippen molar-refractivity contribution in [3.05, 3.63) is 40.4 Å². The minimum absolute atomic E-state index is 0.117. The van der Waals surface area contributed by atoms with Gasteiger partial charge in [-0.1, -0.05) is 0 Å². The third kappa shape index (κ3) is 3.68. The lowest BCUT2D eigenvalue weighted by molar-refractivity contribution is -0.137. The highest BCUT2D eigenvalue weighted by Gasteiger charge is 2.30. The van der Waals surface area contributed by atoms with Crippen molar-refractivity contribution < 1.29 is 17.9 Å². The van der Waals surface area contributed by atoms with Crippen LogP contribution in [0.5, 0.6) is 11.8 Å². The zero-order chi connectivity index (χ0) is 14.0. The number of ether oxygens (including phenoxy) is 1. The summed E-state index contributed by atoms with van der Waals surface area (Å²) < 4.78 is 42.1. The van der Waals surface area contributed by atoms with Gasteiger partial charge in [0.25, 0.3) is 0 Å². The van der Waals surface area contributed by atoms with Crippen LogP contribution >= 0.6 is 23.2 Å². The van der Waals surface area contributed by atoms with E-state index >= 15 is 0 Å². The van der Waals surface area contributed by atoms with Gasteiger partial charge in [0.05, 0.1) is 5.56 Å². The van der Waals surface area contributed by atoms with Gasteiger partial charge < -0.3 is 4.74 Å². The molecule has 1 heterocycles. The number of alkyl halides is 3. The molecule has 0 spiro atoms. The Morgan fingerprint density at radius 3 is 1.89 bits per heavy atom. The van der Waals surface area contributed by atoms with Crippen molar-refractivity contribution in [3.8, 4) is 11.8 Å². The van der Waals surface area contributed by atoms with E-state index in [1.807, 2.05) is 0 Å². The molecule has 0 unspecified atom stereocenters. The van der Waals surface area contributed by atoms with Gasteiger partial charge >= 0.3 is 12.2 Å². The first-order chi connectivity index (χ1) is 8.84. The molecule has 0 bridgehead atoms. The van der Waals surface area contributed by atoms with E-state index in [1.54, 1.807) is 0 Å². The first kappa shape index (κ1) is 13.8. The predicted molar refractivity (Wildman–Crippen MR) is 61.4 cm³/mol. The minimum Gasteiger partial charge on any atom is -0.424 e. The highest BCUT2D eigenvalue weighted by Crippen LogP contribution is 2.31. The third-order valence-corrected chi connectivity index (χ3v) is 2.29. The van der Waals surface area contributed by atoms with Crippen LogP contribution in [0.4, 0.5) is 13.2 Å². The molecule has 0 saturated heterocycles. The van der Waals surface area contributed by atoms with Gasteiger partial charge in [-0.2, -0.15) is 28.1 Å². The second kappa shape index (κ2) is 5.18. The quantitative estimate of drug-likeness (QED) is 0.841. The Balaban J connectivity index is 2.20. The van der Waals surface area contributed by atoms with E-state index in [0.717, 1.165) is 24.3 Å². The van der Waals surface area contributed by atoms with Gasteiger partial charge in [-0.3, -0.25) is 0 Å². The maximum atomic E-state index is 12.3. The van der Waals surface area contributed by atoms with Gasteiger partial charge in [0, 0.05) is 0 Å². The Morgan fingerprint density at radius 1 is 0.895 bits per heavy atom. The lowest BCUT2D eigenvalue weighted by Gasteiger charge is -2.07. The Hall–Kier alpha value is -1.60. The Morgan fingerprint density at radius 2 is 1.42 bits per heavy atom. The second-order valence-electron chi connectivity index (χ2n) is 3.28. The van der Waals surface area contributed by atoms with Crippen molar-refractivity contribution in [3.63, 3.8) is 0 Å². The van der Waals surface area contributed by atoms with Gasteiger partial charge in [0.15, 0.2) is 0 Å². The summed E-state index contributed by atoms with van der Waals surface area (Å²) in [5, 5.41) is -0.358.